The van der Waals surface area contributed by atoms with Crippen molar-refractivity contribution in [2.24, 2.45) is 5.73 Å². The number of hydrazine groups is 1. The molecule has 0 saturated carbocycles. The number of benzene rings is 2. The molecule has 3 amide bonds. The van der Waals surface area contributed by atoms with Crippen molar-refractivity contribution in [2.75, 3.05) is 6.54 Å². The Hall–Kier alpha value is -3.56. The molecule has 1 aromatic heterocycles. The van der Waals surface area contributed by atoms with Crippen LogP contribution in [0.3, 0.4) is 0 Å². The Morgan fingerprint density at radius 1 is 1.19 bits per heavy atom. The van der Waals surface area contributed by atoms with Crippen molar-refractivity contribution >= 4 is 40.4 Å². The lowest BCUT2D eigenvalue weighted by Gasteiger charge is -2.23. The fraction of sp³-hybridized carbons (Fsp3) is 0.227. The molecule has 4 rings (SSSR count). The molecule has 3 aromatic rings. The summed E-state index contributed by atoms with van der Waals surface area (Å²) < 4.78 is 1.24. The number of nitrogens with one attached hydrogen (secondary N) is 2. The highest BCUT2D eigenvalue weighted by atomic mass is 35.5. The van der Waals surface area contributed by atoms with Gasteiger partial charge in [0.25, 0.3) is 0 Å². The third kappa shape index (κ3) is 4.68. The maximum atomic E-state index is 13.0. The van der Waals surface area contributed by atoms with Crippen LogP contribution < -0.4 is 21.3 Å². The number of fused-ring (bicyclic) bond motifs is 1. The van der Waals surface area contributed by atoms with E-state index >= 15 is 0 Å². The van der Waals surface area contributed by atoms with Gasteiger partial charge in [-0.1, -0.05) is 41.9 Å². The molecule has 1 fully saturated rings. The average molecular weight is 456 g/mol. The molecule has 0 aliphatic carbocycles. The number of aromatic nitrogens is 1. The van der Waals surface area contributed by atoms with Gasteiger partial charge < -0.3 is 15.9 Å². The lowest BCUT2D eigenvalue weighted by Crippen LogP contribution is -2.50. The minimum absolute atomic E-state index is 0.0146. The number of para-hydroxylation sites is 1. The monoisotopic (exact) mass is 455 g/mol. The van der Waals surface area contributed by atoms with E-state index in [0.717, 1.165) is 10.9 Å². The third-order valence-corrected chi connectivity index (χ3v) is 5.46. The quantitative estimate of drug-likeness (QED) is 0.523. The largest absolute Gasteiger partial charge is 0.429 e. The molecular weight excluding hydrogens is 434 g/mol. The minimum Gasteiger partial charge on any atom is -0.350 e. The van der Waals surface area contributed by atoms with Gasteiger partial charge in [-0.3, -0.25) is 14.6 Å². The number of carbonyl (C=O) groups excluding carboxylic acids is 3. The lowest BCUT2D eigenvalue weighted by atomic mass is 10.1. The predicted octanol–water partition coefficient (Wildman–Crippen LogP) is 1.77. The summed E-state index contributed by atoms with van der Waals surface area (Å²) in [6.45, 7) is 0.823. The lowest BCUT2D eigenvalue weighted by molar-refractivity contribution is -0.140. The van der Waals surface area contributed by atoms with Crippen LogP contribution in [0.2, 0.25) is 5.02 Å². The maximum Gasteiger partial charge on any atom is 0.429 e. The van der Waals surface area contributed by atoms with Gasteiger partial charge >= 0.3 is 6.09 Å². The summed E-state index contributed by atoms with van der Waals surface area (Å²) in [5.41, 5.74) is 10.3. The van der Waals surface area contributed by atoms with Gasteiger partial charge in [0.1, 0.15) is 6.04 Å². The van der Waals surface area contributed by atoms with Crippen LogP contribution in [-0.2, 0) is 22.6 Å². The molecule has 1 aliphatic rings. The summed E-state index contributed by atoms with van der Waals surface area (Å²) >= 11 is 5.99. The molecule has 9 nitrogen and oxygen atoms in total. The van der Waals surface area contributed by atoms with E-state index in [4.69, 9.17) is 22.2 Å². The molecule has 1 atom stereocenters. The van der Waals surface area contributed by atoms with Gasteiger partial charge in [-0.2, -0.15) is 4.73 Å². The zero-order chi connectivity index (χ0) is 22.7. The zero-order valence-electron chi connectivity index (χ0n) is 17.1. The molecule has 32 heavy (non-hydrogen) atoms. The second-order valence-corrected chi connectivity index (χ2v) is 7.84. The van der Waals surface area contributed by atoms with Crippen LogP contribution in [0.25, 0.3) is 10.9 Å². The molecule has 2 heterocycles. The van der Waals surface area contributed by atoms with Crippen LogP contribution in [0.4, 0.5) is 4.79 Å². The van der Waals surface area contributed by atoms with Crippen LogP contribution in [0.15, 0.2) is 54.7 Å². The van der Waals surface area contributed by atoms with Gasteiger partial charge in [0, 0.05) is 29.7 Å². The van der Waals surface area contributed by atoms with Crippen LogP contribution >= 0.6 is 11.6 Å². The highest BCUT2D eigenvalue weighted by molar-refractivity contribution is 6.30. The first-order valence-electron chi connectivity index (χ1n) is 10.1. The van der Waals surface area contributed by atoms with E-state index in [-0.39, 0.29) is 18.2 Å². The summed E-state index contributed by atoms with van der Waals surface area (Å²) in [4.78, 5) is 42.0. The summed E-state index contributed by atoms with van der Waals surface area (Å²) in [6, 6.07) is 13.8. The molecular formula is C22H22ClN5O4. The normalized spacial score (nSPS) is 15.7. The van der Waals surface area contributed by atoms with Crippen LogP contribution in [0.1, 0.15) is 17.5 Å². The Labute approximate surface area is 189 Å². The van der Waals surface area contributed by atoms with Crippen molar-refractivity contribution in [3.8, 4) is 0 Å². The van der Waals surface area contributed by atoms with Crippen molar-refractivity contribution in [1.29, 1.82) is 0 Å². The predicted molar refractivity (Wildman–Crippen MR) is 118 cm³/mol. The molecule has 166 valence electrons. The highest BCUT2D eigenvalue weighted by Crippen LogP contribution is 2.22. The number of hydrogen-bond acceptors (Lipinski definition) is 5. The summed E-state index contributed by atoms with van der Waals surface area (Å²) in [5.74, 6) is -0.518. The molecule has 2 aromatic carbocycles. The minimum atomic E-state index is -0.957. The van der Waals surface area contributed by atoms with Crippen molar-refractivity contribution in [3.63, 3.8) is 0 Å². The number of halogens is 1. The van der Waals surface area contributed by atoms with E-state index in [1.807, 2.05) is 24.3 Å². The zero-order valence-corrected chi connectivity index (χ0v) is 17.8. The van der Waals surface area contributed by atoms with Crippen molar-refractivity contribution in [2.45, 2.75) is 25.4 Å². The number of hydrogen-bond donors (Lipinski definition) is 3. The van der Waals surface area contributed by atoms with Crippen molar-refractivity contribution in [3.05, 3.63) is 70.9 Å². The Bertz CT molecular complexity index is 1180. The summed E-state index contributed by atoms with van der Waals surface area (Å²) in [6.07, 6.45) is 1.11. The van der Waals surface area contributed by atoms with Gasteiger partial charge in [-0.15, -0.1) is 0 Å². The second kappa shape index (κ2) is 9.29. The molecule has 0 radical (unpaired) electrons. The molecule has 1 saturated heterocycles. The molecule has 1 unspecified atom stereocenters. The number of amides is 3. The second-order valence-electron chi connectivity index (χ2n) is 7.41. The molecule has 0 spiro atoms. The standard InChI is InChI=1S/C22H22ClN5O4/c23-16-5-3-4-14(10-16)12-25-21(30)19-8-9-26-28(19)20(29)11-15-13-27(32-22(24)31)18-7-2-1-6-17(15)18/h1-7,10,13,19,26H,8-9,11-12H2,(H2,24,31)(H,25,30). The average Bonchev–Trinajstić information content (AvgIpc) is 3.38. The Balaban J connectivity index is 1.46. The molecule has 10 heteroatoms. The van der Waals surface area contributed by atoms with Gasteiger partial charge in [-0.05, 0) is 35.7 Å². The third-order valence-electron chi connectivity index (χ3n) is 5.23. The first-order valence-corrected chi connectivity index (χ1v) is 10.4. The fourth-order valence-electron chi connectivity index (χ4n) is 3.80. The topological polar surface area (TPSA) is 119 Å². The summed E-state index contributed by atoms with van der Waals surface area (Å²) in [7, 11) is 0. The van der Waals surface area contributed by atoms with Gasteiger partial charge in [0.05, 0.1) is 11.9 Å². The van der Waals surface area contributed by atoms with Crippen molar-refractivity contribution < 1.29 is 19.2 Å². The van der Waals surface area contributed by atoms with E-state index in [0.29, 0.717) is 35.6 Å². The molecule has 0 bridgehead atoms. The number of nitrogens with zero attached hydrogens (tertiary/aromatic N) is 2. The SMILES string of the molecule is NC(=O)On1cc(CC(=O)N2NCCC2C(=O)NCc2cccc(Cl)c2)c2ccccc21. The van der Waals surface area contributed by atoms with E-state index in [2.05, 4.69) is 10.7 Å². The Kier molecular flexibility index (Phi) is 6.29. The number of carbonyl (C=O) groups is 3. The van der Waals surface area contributed by atoms with Gasteiger partial charge in [0.2, 0.25) is 11.8 Å². The van der Waals surface area contributed by atoms with Crippen LogP contribution in [0.5, 0.6) is 0 Å². The van der Waals surface area contributed by atoms with Crippen LogP contribution in [0, 0.1) is 0 Å². The smallest absolute Gasteiger partial charge is 0.350 e. The van der Waals surface area contributed by atoms with Gasteiger partial charge in [0.15, 0.2) is 0 Å². The van der Waals surface area contributed by atoms with E-state index in [9.17, 15) is 14.4 Å². The molecule has 4 N–H and O–H groups in total. The van der Waals surface area contributed by atoms with Gasteiger partial charge in [-0.25, -0.2) is 10.2 Å². The number of rotatable bonds is 6. The van der Waals surface area contributed by atoms with E-state index < -0.39 is 12.1 Å². The molecule has 1 aliphatic heterocycles. The first kappa shape index (κ1) is 21.7. The van der Waals surface area contributed by atoms with E-state index in [1.54, 1.807) is 30.5 Å². The first-order chi connectivity index (χ1) is 15.4. The summed E-state index contributed by atoms with van der Waals surface area (Å²) in [5, 5.41) is 5.58. The van der Waals surface area contributed by atoms with Crippen LogP contribution in [-0.4, -0.2) is 40.2 Å². The number of primary amides is 1. The number of nitrogens with two attached hydrogens (primary N) is 1. The fourth-order valence-corrected chi connectivity index (χ4v) is 4.02. The Morgan fingerprint density at radius 2 is 2.00 bits per heavy atom. The van der Waals surface area contributed by atoms with Crippen molar-refractivity contribution in [1.82, 2.24) is 20.5 Å². The maximum absolute atomic E-state index is 13.0. The van der Waals surface area contributed by atoms with E-state index in [1.165, 1.54) is 9.74 Å². The Morgan fingerprint density at radius 3 is 2.78 bits per heavy atom. The highest BCUT2D eigenvalue weighted by Gasteiger charge is 2.34.